The monoisotopic (exact) mass is 1450 g/mol. The number of carbonyl (C=O) groups is 2. The fraction of sp³-hybridized carbons (Fsp3) is 0.379. The molecule has 11 heterocycles. The minimum Gasteiger partial charge on any atom is -0.385 e. The topological polar surface area (TPSA) is 95.5 Å². The van der Waals surface area contributed by atoms with E-state index in [9.17, 15) is 9.59 Å². The van der Waals surface area contributed by atoms with Crippen LogP contribution in [0.1, 0.15) is 155 Å². The van der Waals surface area contributed by atoms with Crippen LogP contribution in [0.15, 0.2) is 134 Å². The molecule has 2 amide bonds. The van der Waals surface area contributed by atoms with Crippen molar-refractivity contribution < 1.29 is 27.9 Å². The fourth-order valence-electron chi connectivity index (χ4n) is 16.4. The molecule has 103 heavy (non-hydrogen) atoms. The Morgan fingerprint density at radius 3 is 1.09 bits per heavy atom. The largest absolute Gasteiger partial charge is 0.385 e. The highest BCUT2D eigenvalue weighted by atomic mass is 33.1. The molecule has 3 N–H and O–H groups in total. The molecular formula is C87H102N10O2S4+4. The molecule has 7 aliphatic rings. The van der Waals surface area contributed by atoms with Gasteiger partial charge in [-0.25, -0.2) is 0 Å². The number of pyridine rings is 4. The Balaban J connectivity index is 0.000000177. The van der Waals surface area contributed by atoms with Crippen molar-refractivity contribution in [2.75, 3.05) is 99.5 Å². The minimum absolute atomic E-state index is 0.0659. The van der Waals surface area contributed by atoms with Gasteiger partial charge in [0, 0.05) is 155 Å². The molecule has 15 rings (SSSR count). The molecule has 16 heteroatoms. The Hall–Kier alpha value is -8.02. The van der Waals surface area contributed by atoms with Gasteiger partial charge in [-0.05, 0) is 248 Å². The average molecular weight is 1450 g/mol. The first-order valence-electron chi connectivity index (χ1n) is 38.0. The normalized spacial score (nSPS) is 15.7. The van der Waals surface area contributed by atoms with Crippen LogP contribution in [-0.2, 0) is 87.1 Å². The van der Waals surface area contributed by atoms with Gasteiger partial charge in [0.05, 0.1) is 34.4 Å². The summed E-state index contributed by atoms with van der Waals surface area (Å²) >= 11 is 0. The zero-order valence-corrected chi connectivity index (χ0v) is 63.9. The average Bonchev–Trinajstić information content (AvgIpc) is 0.785. The van der Waals surface area contributed by atoms with Crippen LogP contribution < -0.4 is 48.9 Å². The van der Waals surface area contributed by atoms with Gasteiger partial charge in [0.25, 0.3) is 0 Å². The number of aryl methyl sites for hydroxylation is 12. The Bertz CT molecular complexity index is 4240. The van der Waals surface area contributed by atoms with Gasteiger partial charge in [-0.2, -0.15) is 18.3 Å². The second-order valence-corrected chi connectivity index (χ2v) is 33.8. The van der Waals surface area contributed by atoms with Crippen molar-refractivity contribution in [1.82, 2.24) is 0 Å². The second kappa shape index (κ2) is 35.2. The number of nitrogens with one attached hydrogen (secondary N) is 3. The van der Waals surface area contributed by atoms with Crippen LogP contribution in [0.2, 0.25) is 0 Å². The molecule has 0 bridgehead atoms. The number of nitrogens with zero attached hydrogens (tertiary/aromatic N) is 7. The molecule has 0 fully saturated rings. The Morgan fingerprint density at radius 2 is 0.728 bits per heavy atom. The number of carbonyl (C=O) groups excluding carboxylic acids is 2. The van der Waals surface area contributed by atoms with E-state index in [1.54, 1.807) is 30.7 Å². The number of anilines is 6. The minimum atomic E-state index is -0.0659. The number of fused-ring (bicyclic) bond motifs is 1. The van der Waals surface area contributed by atoms with Crippen LogP contribution >= 0.6 is 43.2 Å². The summed E-state index contributed by atoms with van der Waals surface area (Å²) in [6.45, 7) is 17.4. The van der Waals surface area contributed by atoms with Crippen LogP contribution in [0.5, 0.6) is 0 Å². The first kappa shape index (κ1) is 71.9. The van der Waals surface area contributed by atoms with Crippen molar-refractivity contribution in [3.8, 4) is 0 Å². The molecule has 0 atom stereocenters. The Kier molecular flexibility index (Phi) is 24.6. The molecule has 4 aromatic heterocycles. The highest BCUT2D eigenvalue weighted by molar-refractivity contribution is 8.77. The van der Waals surface area contributed by atoms with Gasteiger partial charge in [0.2, 0.25) is 34.6 Å². The quantitative estimate of drug-likeness (QED) is 0.0292. The molecule has 7 aliphatic heterocycles. The Morgan fingerprint density at radius 1 is 0.398 bits per heavy atom. The van der Waals surface area contributed by atoms with Crippen LogP contribution in [0, 0.1) is 0 Å². The van der Waals surface area contributed by atoms with Crippen LogP contribution in [0.3, 0.4) is 0 Å². The number of amides is 2. The second-order valence-electron chi connectivity index (χ2n) is 28.4. The van der Waals surface area contributed by atoms with E-state index >= 15 is 0 Å². The van der Waals surface area contributed by atoms with Crippen molar-refractivity contribution in [2.24, 2.45) is 0 Å². The molecule has 4 aromatic carbocycles. The highest BCUT2D eigenvalue weighted by Gasteiger charge is 2.28. The third-order valence-corrected chi connectivity index (χ3v) is 25.8. The van der Waals surface area contributed by atoms with Crippen molar-refractivity contribution in [3.63, 3.8) is 0 Å². The van der Waals surface area contributed by atoms with E-state index in [1.165, 1.54) is 188 Å². The standard InChI is InChI=1S/C46H52N6O2S2.C41H47N4S2/c1-33(53)47-41-15-21-49(43(31-41)13-11-35-27-37-7-3-17-51-18-4-8-38(28-35)45(37)51)23-25-55-56-26-24-50-22-16-42(48-34(2)54)32-44(50)14-12-36-29-39-9-5-19-52-20-6-10-40(30-36)46(39)52;1-2-34-28-32(29-35-10-7-19-42-40(34)35)15-17-38-13-3-5-20-43(38)24-26-46-47-27-25-44-21-6-4-14-39(44)18-16-33-30-36-11-8-22-45-23-9-12-37(31-33)41(36)45/h11-16,21-22,27-32H,3-10,17-20,23-26H2,1-2H3;3-6,13-18,20-21,28-31H,2,7-12,19,22-27H2,1H3/q;+1/p+3/b13-11+,14-12+;. The van der Waals surface area contributed by atoms with Gasteiger partial charge >= 0.3 is 0 Å². The lowest BCUT2D eigenvalue weighted by Gasteiger charge is -2.37. The summed E-state index contributed by atoms with van der Waals surface area (Å²) in [5.41, 5.74) is 29.3. The Labute approximate surface area is 627 Å². The summed E-state index contributed by atoms with van der Waals surface area (Å²) in [6.07, 6.45) is 44.7. The number of benzene rings is 4. The molecule has 0 radical (unpaired) electrons. The SMILES string of the molecule is CC(=O)Nc1cc[n+](CCSSCC[n+]2ccc(NC(C)=O)cc2/C=C/c2cc3c4c(c2)CCCN4CCC3)c(/C=C/c2cc3c4c(c2)CCCN4CCC3)c1.CCc1cc(/C=C/c2cccc[n+]2CCSSCC[n+]2ccccc2/C=C/c2cc3c4c(c2)CCCN4CCC3)cc2c1NCCC2. The maximum atomic E-state index is 11.9. The van der Waals surface area contributed by atoms with E-state index in [4.69, 9.17) is 0 Å². The summed E-state index contributed by atoms with van der Waals surface area (Å²) in [4.78, 5) is 31.6. The zero-order valence-electron chi connectivity index (χ0n) is 60.6. The molecule has 532 valence electrons. The number of hydrogen-bond acceptors (Lipinski definition) is 10. The van der Waals surface area contributed by atoms with E-state index in [-0.39, 0.29) is 11.8 Å². The predicted molar refractivity (Wildman–Crippen MR) is 439 cm³/mol. The summed E-state index contributed by atoms with van der Waals surface area (Å²) < 4.78 is 9.34. The summed E-state index contributed by atoms with van der Waals surface area (Å²) in [7, 11) is 7.74. The number of rotatable bonds is 25. The van der Waals surface area contributed by atoms with Gasteiger partial charge in [-0.15, -0.1) is 0 Å². The van der Waals surface area contributed by atoms with Gasteiger partial charge in [-0.1, -0.05) is 50.1 Å². The first-order chi connectivity index (χ1) is 50.6. The van der Waals surface area contributed by atoms with E-state index in [2.05, 4.69) is 226 Å². The third-order valence-electron chi connectivity index (χ3n) is 21.0. The predicted octanol–water partition coefficient (Wildman–Crippen LogP) is 16.3. The van der Waals surface area contributed by atoms with Crippen LogP contribution in [0.4, 0.5) is 34.1 Å². The van der Waals surface area contributed by atoms with Gasteiger partial charge in [-0.3, -0.25) is 9.59 Å². The molecule has 0 saturated heterocycles. The van der Waals surface area contributed by atoms with Gasteiger partial charge < -0.3 is 30.7 Å². The van der Waals surface area contributed by atoms with E-state index in [0.717, 1.165) is 111 Å². The molecule has 0 aliphatic carbocycles. The number of hydrogen-bond donors (Lipinski definition) is 3. The maximum Gasteiger partial charge on any atom is 0.221 e. The van der Waals surface area contributed by atoms with E-state index < -0.39 is 0 Å². The van der Waals surface area contributed by atoms with Crippen LogP contribution in [0.25, 0.3) is 48.6 Å². The van der Waals surface area contributed by atoms with Gasteiger partial charge in [0.15, 0.2) is 51.0 Å². The summed E-state index contributed by atoms with van der Waals surface area (Å²) in [5.74, 6) is 3.93. The van der Waals surface area contributed by atoms with Gasteiger partial charge in [0.1, 0.15) is 0 Å². The van der Waals surface area contributed by atoms with Crippen molar-refractivity contribution in [1.29, 1.82) is 0 Å². The van der Waals surface area contributed by atoms with E-state index in [1.807, 2.05) is 55.3 Å². The zero-order chi connectivity index (χ0) is 70.3. The fourth-order valence-corrected chi connectivity index (χ4v) is 20.3. The molecule has 8 aromatic rings. The lowest BCUT2D eigenvalue weighted by molar-refractivity contribution is -0.694. The summed E-state index contributed by atoms with van der Waals surface area (Å²) in [5, 5.41) is 9.57. The van der Waals surface area contributed by atoms with E-state index in [0.29, 0.717) is 0 Å². The van der Waals surface area contributed by atoms with Crippen molar-refractivity contribution >= 4 is 138 Å². The molecule has 0 saturated carbocycles. The van der Waals surface area contributed by atoms with Crippen LogP contribution in [-0.4, -0.2) is 80.6 Å². The van der Waals surface area contributed by atoms with Crippen molar-refractivity contribution in [2.45, 2.75) is 143 Å². The molecule has 0 spiro atoms. The molecule has 0 unspecified atom stereocenters. The summed E-state index contributed by atoms with van der Waals surface area (Å²) in [6, 6.07) is 40.3. The lowest BCUT2D eigenvalue weighted by Crippen LogP contribution is -2.38. The first-order valence-corrected chi connectivity index (χ1v) is 43.0. The molecule has 12 nitrogen and oxygen atoms in total. The smallest absolute Gasteiger partial charge is 0.221 e. The number of aromatic nitrogens is 4. The van der Waals surface area contributed by atoms with Crippen molar-refractivity contribution in [3.05, 3.63) is 224 Å². The molecular weight excluding hydrogens is 1350 g/mol. The maximum absolute atomic E-state index is 11.9. The third kappa shape index (κ3) is 18.6. The lowest BCUT2D eigenvalue weighted by atomic mass is 9.90. The highest BCUT2D eigenvalue weighted by Crippen LogP contribution is 2.40.